The number of carbonyl (C=O) groups excluding carboxylic acids is 1. The van der Waals surface area contributed by atoms with E-state index in [0.29, 0.717) is 13.1 Å². The van der Waals surface area contributed by atoms with Crippen molar-refractivity contribution in [2.45, 2.75) is 25.6 Å². The van der Waals surface area contributed by atoms with Crippen molar-refractivity contribution in [1.29, 1.82) is 0 Å². The van der Waals surface area contributed by atoms with Gasteiger partial charge in [-0.3, -0.25) is 4.79 Å². The molecule has 0 aliphatic carbocycles. The minimum Gasteiger partial charge on any atom is -0.370 e. The fourth-order valence-corrected chi connectivity index (χ4v) is 3.18. The first-order chi connectivity index (χ1) is 11.0. The van der Waals surface area contributed by atoms with E-state index in [1.54, 1.807) is 0 Å². The molecule has 0 radical (unpaired) electrons. The summed E-state index contributed by atoms with van der Waals surface area (Å²) in [5, 5.41) is 3.02. The minimum absolute atomic E-state index is 0.0713. The Balaban J connectivity index is 1.59. The average Bonchev–Trinajstić information content (AvgIpc) is 2.82. The van der Waals surface area contributed by atoms with Crippen molar-refractivity contribution in [1.82, 2.24) is 20.2 Å². The highest BCUT2D eigenvalue weighted by Crippen LogP contribution is 2.33. The number of carbonyl (C=O) groups is 1. The van der Waals surface area contributed by atoms with Gasteiger partial charge in [-0.15, -0.1) is 0 Å². The molecule has 23 heavy (non-hydrogen) atoms. The molecule has 0 saturated carbocycles. The molecule has 126 valence electrons. The number of aryl methyl sites for hydroxylation is 1. The van der Waals surface area contributed by atoms with E-state index in [1.807, 2.05) is 33.4 Å². The summed E-state index contributed by atoms with van der Waals surface area (Å²) in [6, 6.07) is 0. The highest BCUT2D eigenvalue weighted by Gasteiger charge is 2.45. The molecule has 3 atom stereocenters. The summed E-state index contributed by atoms with van der Waals surface area (Å²) in [7, 11) is 3.99. The molecule has 1 N–H and O–H groups in total. The van der Waals surface area contributed by atoms with Crippen molar-refractivity contribution in [2.24, 2.45) is 5.92 Å². The third-order valence-corrected chi connectivity index (χ3v) is 4.40. The molecule has 7 nitrogen and oxygen atoms in total. The maximum Gasteiger partial charge on any atom is 0.225 e. The van der Waals surface area contributed by atoms with Gasteiger partial charge in [-0.05, 0) is 33.0 Å². The molecule has 3 heterocycles. The Morgan fingerprint density at radius 3 is 2.83 bits per heavy atom. The molecule has 2 bridgehead atoms. The molecule has 2 saturated heterocycles. The first-order valence-electron chi connectivity index (χ1n) is 8.14. The monoisotopic (exact) mass is 319 g/mol. The molecule has 1 aromatic heterocycles. The largest absolute Gasteiger partial charge is 0.370 e. The quantitative estimate of drug-likeness (QED) is 0.827. The number of likely N-dealkylation sites (N-methyl/N-ethyl adjacent to an activating group) is 1. The van der Waals surface area contributed by atoms with E-state index >= 15 is 0 Å². The smallest absolute Gasteiger partial charge is 0.225 e. The predicted molar refractivity (Wildman–Crippen MR) is 87.3 cm³/mol. The predicted octanol–water partition coefficient (Wildman–Crippen LogP) is 0.0565. The summed E-state index contributed by atoms with van der Waals surface area (Å²) in [4.78, 5) is 25.4. The van der Waals surface area contributed by atoms with Gasteiger partial charge in [-0.2, -0.15) is 0 Å². The van der Waals surface area contributed by atoms with Crippen LogP contribution in [0.4, 0.5) is 5.95 Å². The number of aromatic nitrogens is 2. The normalized spacial score (nSPS) is 26.6. The molecular weight excluding hydrogens is 294 g/mol. The van der Waals surface area contributed by atoms with E-state index < -0.39 is 0 Å². The van der Waals surface area contributed by atoms with Gasteiger partial charge in [0.1, 0.15) is 0 Å². The number of nitrogens with one attached hydrogen (secondary N) is 1. The van der Waals surface area contributed by atoms with Crippen LogP contribution in [0.2, 0.25) is 0 Å². The van der Waals surface area contributed by atoms with Crippen molar-refractivity contribution in [3.63, 3.8) is 0 Å². The van der Waals surface area contributed by atoms with E-state index in [1.165, 1.54) is 0 Å². The molecular formula is C16H25N5O2. The zero-order valence-corrected chi connectivity index (χ0v) is 14.0. The van der Waals surface area contributed by atoms with Gasteiger partial charge in [-0.25, -0.2) is 9.97 Å². The number of anilines is 1. The summed E-state index contributed by atoms with van der Waals surface area (Å²) in [5.41, 5.74) is 1.04. The fourth-order valence-electron chi connectivity index (χ4n) is 3.18. The Hall–Kier alpha value is -1.73. The number of fused-ring (bicyclic) bond motifs is 2. The van der Waals surface area contributed by atoms with Gasteiger partial charge in [-0.1, -0.05) is 0 Å². The summed E-state index contributed by atoms with van der Waals surface area (Å²) < 4.78 is 5.97. The van der Waals surface area contributed by atoms with Crippen molar-refractivity contribution in [2.75, 3.05) is 45.2 Å². The average molecular weight is 319 g/mol. The zero-order valence-electron chi connectivity index (χ0n) is 14.0. The van der Waals surface area contributed by atoms with E-state index in [-0.39, 0.29) is 24.0 Å². The number of nitrogens with zero attached hydrogens (tertiary/aromatic N) is 4. The fraction of sp³-hybridized carbons (Fsp3) is 0.688. The molecule has 0 spiro atoms. The Morgan fingerprint density at radius 2 is 2.13 bits per heavy atom. The lowest BCUT2D eigenvalue weighted by atomic mass is 9.99. The second-order valence-electron chi connectivity index (χ2n) is 6.70. The number of rotatable bonds is 5. The first-order valence-corrected chi connectivity index (χ1v) is 8.14. The third-order valence-electron chi connectivity index (χ3n) is 4.40. The van der Waals surface area contributed by atoms with E-state index in [4.69, 9.17) is 4.74 Å². The van der Waals surface area contributed by atoms with Crippen molar-refractivity contribution < 1.29 is 9.53 Å². The Bertz CT molecular complexity index is 548. The maximum atomic E-state index is 12.4. The highest BCUT2D eigenvalue weighted by atomic mass is 16.5. The molecule has 2 fully saturated rings. The van der Waals surface area contributed by atoms with Gasteiger partial charge in [0.15, 0.2) is 0 Å². The van der Waals surface area contributed by atoms with E-state index in [2.05, 4.69) is 25.1 Å². The second-order valence-corrected chi connectivity index (χ2v) is 6.70. The Labute approximate surface area is 137 Å². The molecule has 2 aliphatic heterocycles. The Kier molecular flexibility index (Phi) is 4.77. The van der Waals surface area contributed by atoms with Crippen LogP contribution >= 0.6 is 0 Å². The number of amides is 1. The number of ether oxygens (including phenoxy) is 1. The summed E-state index contributed by atoms with van der Waals surface area (Å²) >= 11 is 0. The van der Waals surface area contributed by atoms with Crippen LogP contribution in [0.3, 0.4) is 0 Å². The van der Waals surface area contributed by atoms with E-state index in [9.17, 15) is 4.79 Å². The minimum atomic E-state index is -0.0717. The molecule has 2 aliphatic rings. The van der Waals surface area contributed by atoms with Crippen LogP contribution in [0.1, 0.15) is 12.0 Å². The molecule has 1 aromatic rings. The van der Waals surface area contributed by atoms with Crippen molar-refractivity contribution in [3.05, 3.63) is 18.0 Å². The number of hydrogen-bond acceptors (Lipinski definition) is 6. The van der Waals surface area contributed by atoms with Crippen LogP contribution in [0.25, 0.3) is 0 Å². The lowest BCUT2D eigenvalue weighted by Gasteiger charge is -2.32. The standard InChI is InChI=1S/C16H25N5O2/c1-11-7-18-16(19-8-11)21-9-12-6-13(14(10-21)23-12)15(22)17-4-5-20(2)3/h7-8,12-14H,4-6,9-10H2,1-3H3,(H,17,22)/t12-,13+,14-/m1/s1. The molecule has 3 rings (SSSR count). The summed E-state index contributed by atoms with van der Waals surface area (Å²) in [6.45, 7) is 4.91. The van der Waals surface area contributed by atoms with Crippen LogP contribution in [0.5, 0.6) is 0 Å². The second kappa shape index (κ2) is 6.80. The van der Waals surface area contributed by atoms with E-state index in [0.717, 1.165) is 31.0 Å². The van der Waals surface area contributed by atoms with Crippen molar-refractivity contribution in [3.8, 4) is 0 Å². The molecule has 0 aromatic carbocycles. The first kappa shape index (κ1) is 16.1. The molecule has 1 amide bonds. The molecule has 0 unspecified atom stereocenters. The van der Waals surface area contributed by atoms with Gasteiger partial charge in [0.25, 0.3) is 0 Å². The lowest BCUT2D eigenvalue weighted by molar-refractivity contribution is -0.126. The molecule has 7 heteroatoms. The zero-order chi connectivity index (χ0) is 16.4. The van der Waals surface area contributed by atoms with Gasteiger partial charge in [0.2, 0.25) is 11.9 Å². The number of hydrogen-bond donors (Lipinski definition) is 1. The lowest BCUT2D eigenvalue weighted by Crippen LogP contribution is -2.46. The van der Waals surface area contributed by atoms with Gasteiger partial charge >= 0.3 is 0 Å². The van der Waals surface area contributed by atoms with Crippen molar-refractivity contribution >= 4 is 11.9 Å². The van der Waals surface area contributed by atoms with Crippen LogP contribution in [-0.4, -0.2) is 73.3 Å². The highest BCUT2D eigenvalue weighted by molar-refractivity contribution is 5.79. The van der Waals surface area contributed by atoms with Gasteiger partial charge < -0.3 is 19.9 Å². The van der Waals surface area contributed by atoms with Gasteiger partial charge in [0, 0.05) is 38.6 Å². The van der Waals surface area contributed by atoms with Crippen LogP contribution in [0, 0.1) is 12.8 Å². The topological polar surface area (TPSA) is 70.6 Å². The third kappa shape index (κ3) is 3.79. The number of morpholine rings is 1. The van der Waals surface area contributed by atoms with Crippen LogP contribution in [0.15, 0.2) is 12.4 Å². The SMILES string of the molecule is Cc1cnc(N2C[C@H]3C[C@H](C(=O)NCCN(C)C)[C@@H](C2)O3)nc1. The summed E-state index contributed by atoms with van der Waals surface area (Å²) in [6.07, 6.45) is 4.44. The summed E-state index contributed by atoms with van der Waals surface area (Å²) in [5.74, 6) is 0.756. The van der Waals surface area contributed by atoms with Crippen LogP contribution < -0.4 is 10.2 Å². The maximum absolute atomic E-state index is 12.4. The van der Waals surface area contributed by atoms with Gasteiger partial charge in [0.05, 0.1) is 18.1 Å². The Morgan fingerprint density at radius 1 is 1.39 bits per heavy atom. The van der Waals surface area contributed by atoms with Crippen LogP contribution in [-0.2, 0) is 9.53 Å².